The molecule has 0 amide bonds. The molecule has 0 aromatic heterocycles. The molecule has 0 atom stereocenters. The molecule has 3 nitrogen and oxygen atoms in total. The monoisotopic (exact) mass is 304 g/mol. The molecule has 1 aromatic carbocycles. The van der Waals surface area contributed by atoms with Crippen molar-refractivity contribution < 1.29 is 14.6 Å². The summed E-state index contributed by atoms with van der Waals surface area (Å²) in [5, 5.41) is 10.6. The molecule has 1 N–H and O–H groups in total. The molecule has 0 spiro atoms. The van der Waals surface area contributed by atoms with E-state index in [0.717, 1.165) is 11.1 Å². The zero-order chi connectivity index (χ0) is 17.3. The van der Waals surface area contributed by atoms with Gasteiger partial charge in [0.15, 0.2) is 0 Å². The Morgan fingerprint density at radius 3 is 2.09 bits per heavy atom. The van der Waals surface area contributed by atoms with Crippen molar-refractivity contribution in [3.63, 3.8) is 0 Å². The summed E-state index contributed by atoms with van der Waals surface area (Å²) in [7, 11) is 1.33. The van der Waals surface area contributed by atoms with E-state index in [4.69, 9.17) is 4.74 Å². The van der Waals surface area contributed by atoms with Gasteiger partial charge in [-0.2, -0.15) is 0 Å². The Labute approximate surface area is 134 Å². The zero-order valence-corrected chi connectivity index (χ0v) is 14.8. The fraction of sp³-hybridized carbons (Fsp3) is 0.526. The van der Waals surface area contributed by atoms with Crippen LogP contribution in [0.1, 0.15) is 58.2 Å². The molecule has 0 radical (unpaired) electrons. The van der Waals surface area contributed by atoms with Gasteiger partial charge in [-0.1, -0.05) is 60.3 Å². The highest BCUT2D eigenvalue weighted by atomic mass is 16.5. The average molecular weight is 304 g/mol. The predicted molar refractivity (Wildman–Crippen MR) is 90.4 cm³/mol. The minimum atomic E-state index is -0.446. The number of methoxy groups -OCH3 is 1. The van der Waals surface area contributed by atoms with Gasteiger partial charge in [0.2, 0.25) is 0 Å². The second-order valence-electron chi connectivity index (χ2n) is 7.80. The molecule has 1 rings (SSSR count). The first-order valence-corrected chi connectivity index (χ1v) is 7.51. The van der Waals surface area contributed by atoms with Crippen molar-refractivity contribution in [2.75, 3.05) is 7.11 Å². The summed E-state index contributed by atoms with van der Waals surface area (Å²) >= 11 is 0. The fourth-order valence-electron chi connectivity index (χ4n) is 2.28. The Hall–Kier alpha value is -1.77. The maximum Gasteiger partial charge on any atom is 0.333 e. The molecular formula is C19H28O3. The molecule has 0 aliphatic carbocycles. The third kappa shape index (κ3) is 4.12. The van der Waals surface area contributed by atoms with Crippen LogP contribution >= 0.6 is 0 Å². The summed E-state index contributed by atoms with van der Waals surface area (Å²) in [5.74, 6) is -0.205. The molecule has 0 aliphatic heterocycles. The lowest BCUT2D eigenvalue weighted by molar-refractivity contribution is -0.136. The van der Waals surface area contributed by atoms with Gasteiger partial charge in [0, 0.05) is 12.0 Å². The SMILES string of the molecule is C=C(Cc1cc(C(C)(C)C)cc(C(C)(C)C)c1O)C(=O)OC. The number of carbonyl (C=O) groups excluding carboxylic acids is 1. The van der Waals surface area contributed by atoms with Gasteiger partial charge in [0.05, 0.1) is 7.11 Å². The minimum Gasteiger partial charge on any atom is -0.507 e. The standard InChI is InChI=1S/C19H28O3/c1-12(17(21)22-8)9-13-10-14(18(2,3)4)11-15(16(13)20)19(5,6)7/h10-11,20H,1,9H2,2-8H3. The van der Waals surface area contributed by atoms with Gasteiger partial charge in [0.1, 0.15) is 5.75 Å². The number of rotatable bonds is 3. The smallest absolute Gasteiger partial charge is 0.333 e. The van der Waals surface area contributed by atoms with Crippen LogP contribution in [0.2, 0.25) is 0 Å². The van der Waals surface area contributed by atoms with Crippen LogP contribution < -0.4 is 0 Å². The highest BCUT2D eigenvalue weighted by Crippen LogP contribution is 2.38. The normalized spacial score (nSPS) is 12.1. The molecule has 0 heterocycles. The molecule has 1 aromatic rings. The topological polar surface area (TPSA) is 46.5 Å². The van der Waals surface area contributed by atoms with Crippen LogP contribution in [0.25, 0.3) is 0 Å². The Morgan fingerprint density at radius 2 is 1.68 bits per heavy atom. The summed E-state index contributed by atoms with van der Waals surface area (Å²) in [6, 6.07) is 4.01. The lowest BCUT2D eigenvalue weighted by atomic mass is 9.78. The third-order valence-corrected chi connectivity index (χ3v) is 3.74. The van der Waals surface area contributed by atoms with Gasteiger partial charge < -0.3 is 9.84 Å². The Kier molecular flexibility index (Phi) is 5.11. The van der Waals surface area contributed by atoms with Crippen molar-refractivity contribution in [1.82, 2.24) is 0 Å². The van der Waals surface area contributed by atoms with Crippen LogP contribution in [0.4, 0.5) is 0 Å². The molecule has 0 saturated heterocycles. The van der Waals surface area contributed by atoms with Crippen molar-refractivity contribution in [2.45, 2.75) is 58.8 Å². The lowest BCUT2D eigenvalue weighted by Crippen LogP contribution is -2.18. The largest absolute Gasteiger partial charge is 0.507 e. The first kappa shape index (κ1) is 18.3. The summed E-state index contributed by atoms with van der Waals surface area (Å²) in [6.45, 7) is 16.3. The third-order valence-electron chi connectivity index (χ3n) is 3.74. The van der Waals surface area contributed by atoms with E-state index in [-0.39, 0.29) is 23.0 Å². The summed E-state index contributed by atoms with van der Waals surface area (Å²) < 4.78 is 4.70. The number of carbonyl (C=O) groups is 1. The van der Waals surface area contributed by atoms with E-state index in [2.05, 4.69) is 54.2 Å². The number of aromatic hydroxyl groups is 1. The van der Waals surface area contributed by atoms with E-state index in [1.54, 1.807) is 0 Å². The van der Waals surface area contributed by atoms with Gasteiger partial charge in [0.25, 0.3) is 0 Å². The number of phenolic OH excluding ortho intramolecular Hbond substituents is 1. The van der Waals surface area contributed by atoms with E-state index in [9.17, 15) is 9.90 Å². The van der Waals surface area contributed by atoms with Gasteiger partial charge in [-0.05, 0) is 27.5 Å². The number of esters is 1. The van der Waals surface area contributed by atoms with E-state index >= 15 is 0 Å². The molecule has 0 unspecified atom stereocenters. The molecule has 0 fully saturated rings. The van der Waals surface area contributed by atoms with Gasteiger partial charge in [-0.3, -0.25) is 0 Å². The van der Waals surface area contributed by atoms with E-state index < -0.39 is 5.97 Å². The second kappa shape index (κ2) is 6.15. The number of hydrogen-bond donors (Lipinski definition) is 1. The van der Waals surface area contributed by atoms with E-state index in [1.807, 2.05) is 6.07 Å². The van der Waals surface area contributed by atoms with Gasteiger partial charge in [-0.15, -0.1) is 0 Å². The van der Waals surface area contributed by atoms with Crippen molar-refractivity contribution in [1.29, 1.82) is 0 Å². The highest BCUT2D eigenvalue weighted by molar-refractivity contribution is 5.88. The van der Waals surface area contributed by atoms with Crippen molar-refractivity contribution in [2.24, 2.45) is 0 Å². The fourth-order valence-corrected chi connectivity index (χ4v) is 2.28. The van der Waals surface area contributed by atoms with E-state index in [0.29, 0.717) is 11.1 Å². The molecule has 122 valence electrons. The number of benzene rings is 1. The maximum atomic E-state index is 11.6. The Balaban J connectivity index is 3.44. The van der Waals surface area contributed by atoms with Gasteiger partial charge >= 0.3 is 5.97 Å². The summed E-state index contributed by atoms with van der Waals surface area (Å²) in [5.41, 5.74) is 2.83. The number of phenols is 1. The zero-order valence-electron chi connectivity index (χ0n) is 14.8. The van der Waals surface area contributed by atoms with Crippen LogP contribution in [0.3, 0.4) is 0 Å². The molecule has 0 saturated carbocycles. The van der Waals surface area contributed by atoms with Crippen LogP contribution in [-0.4, -0.2) is 18.2 Å². The predicted octanol–water partition coefficient (Wildman–Crippen LogP) is 4.26. The summed E-state index contributed by atoms with van der Waals surface area (Å²) in [4.78, 5) is 11.6. The molecule has 0 bridgehead atoms. The van der Waals surface area contributed by atoms with Crippen LogP contribution in [-0.2, 0) is 26.8 Å². The first-order chi connectivity index (χ1) is 9.87. The van der Waals surface area contributed by atoms with Crippen LogP contribution in [0.5, 0.6) is 5.75 Å². The van der Waals surface area contributed by atoms with Crippen molar-refractivity contribution >= 4 is 5.97 Å². The summed E-state index contributed by atoms with van der Waals surface area (Å²) in [6.07, 6.45) is 0.283. The van der Waals surface area contributed by atoms with Crippen molar-refractivity contribution in [3.05, 3.63) is 41.0 Å². The Morgan fingerprint density at radius 1 is 1.14 bits per heavy atom. The average Bonchev–Trinajstić information content (AvgIpc) is 2.37. The molecular weight excluding hydrogens is 276 g/mol. The maximum absolute atomic E-state index is 11.6. The molecule has 0 aliphatic rings. The highest BCUT2D eigenvalue weighted by Gasteiger charge is 2.25. The molecule has 3 heteroatoms. The number of hydrogen-bond acceptors (Lipinski definition) is 3. The molecule has 22 heavy (non-hydrogen) atoms. The van der Waals surface area contributed by atoms with Crippen LogP contribution in [0.15, 0.2) is 24.3 Å². The lowest BCUT2D eigenvalue weighted by Gasteiger charge is -2.27. The minimum absolute atomic E-state index is 0.0466. The van der Waals surface area contributed by atoms with Gasteiger partial charge in [-0.25, -0.2) is 4.79 Å². The first-order valence-electron chi connectivity index (χ1n) is 7.51. The number of ether oxygens (including phenoxy) is 1. The second-order valence-corrected chi connectivity index (χ2v) is 7.80. The van der Waals surface area contributed by atoms with Crippen LogP contribution in [0, 0.1) is 0 Å². The van der Waals surface area contributed by atoms with Crippen molar-refractivity contribution in [3.8, 4) is 5.75 Å². The van der Waals surface area contributed by atoms with E-state index in [1.165, 1.54) is 7.11 Å². The Bertz CT molecular complexity index is 584. The quantitative estimate of drug-likeness (QED) is 0.670.